The maximum absolute atomic E-state index is 10.2. The van der Waals surface area contributed by atoms with Crippen molar-refractivity contribution in [2.24, 2.45) is 0 Å². The fourth-order valence-corrected chi connectivity index (χ4v) is 1.05. The van der Waals surface area contributed by atoms with Crippen molar-refractivity contribution in [3.05, 3.63) is 41.3 Å². The number of hydrogen-bond donors (Lipinski definition) is 0. The third-order valence-corrected chi connectivity index (χ3v) is 1.70. The molecule has 1 aromatic carbocycles. The van der Waals surface area contributed by atoms with Crippen LogP contribution < -0.4 is 29.6 Å². The Labute approximate surface area is 99.5 Å². The second-order valence-electron chi connectivity index (χ2n) is 2.21. The van der Waals surface area contributed by atoms with Gasteiger partial charge in [-0.05, 0) is 11.6 Å². The Morgan fingerprint density at radius 2 is 1.69 bits per heavy atom. The van der Waals surface area contributed by atoms with E-state index in [0.29, 0.717) is 11.0 Å². The predicted octanol–water partition coefficient (Wildman–Crippen LogP) is -1.79. The minimum atomic E-state index is -4.25. The van der Waals surface area contributed by atoms with Gasteiger partial charge in [0.1, 0.15) is 10.1 Å². The molecule has 64 valence electrons. The average Bonchev–Trinajstić information content (AvgIpc) is 2.02. The Bertz CT molecular complexity index is 370. The molecule has 0 aliphatic heterocycles. The van der Waals surface area contributed by atoms with Crippen LogP contribution >= 0.6 is 0 Å². The van der Waals surface area contributed by atoms with Crippen LogP contribution in [0.15, 0.2) is 35.7 Å². The van der Waals surface area contributed by atoms with Gasteiger partial charge in [0.25, 0.3) is 0 Å². The zero-order valence-electron chi connectivity index (χ0n) is 7.17. The second-order valence-corrected chi connectivity index (χ2v) is 3.46. The first-order chi connectivity index (χ1) is 5.58. The summed E-state index contributed by atoms with van der Waals surface area (Å²) < 4.78 is 30.5. The third-order valence-electron chi connectivity index (χ3n) is 1.23. The van der Waals surface area contributed by atoms with Crippen molar-refractivity contribution in [3.8, 4) is 0 Å². The minimum absolute atomic E-state index is 0. The summed E-state index contributed by atoms with van der Waals surface area (Å²) in [5, 5.41) is 0.641. The van der Waals surface area contributed by atoms with E-state index >= 15 is 0 Å². The second kappa shape index (κ2) is 5.57. The van der Waals surface area contributed by atoms with Gasteiger partial charge in [0, 0.05) is 5.41 Å². The molecule has 13 heavy (non-hydrogen) atoms. The van der Waals surface area contributed by atoms with Gasteiger partial charge in [0.15, 0.2) is 0 Å². The number of hydrogen-bond acceptors (Lipinski definition) is 3. The van der Waals surface area contributed by atoms with Gasteiger partial charge in [0.2, 0.25) is 0 Å². The molecule has 0 N–H and O–H groups in total. The van der Waals surface area contributed by atoms with Gasteiger partial charge in [-0.1, -0.05) is 30.3 Å². The minimum Gasteiger partial charge on any atom is -0.744 e. The molecular weight excluding hydrogens is 199 g/mol. The van der Waals surface area contributed by atoms with Crippen molar-refractivity contribution >= 4 is 16.2 Å². The van der Waals surface area contributed by atoms with E-state index in [4.69, 9.17) is 0 Å². The van der Waals surface area contributed by atoms with Crippen molar-refractivity contribution in [3.63, 3.8) is 0 Å². The quantitative estimate of drug-likeness (QED) is 0.424. The summed E-state index contributed by atoms with van der Waals surface area (Å²) in [6.45, 7) is 0. The molecule has 0 aromatic heterocycles. The molecular formula is C8H7NaO3S. The van der Waals surface area contributed by atoms with Crippen LogP contribution in [0.4, 0.5) is 0 Å². The summed E-state index contributed by atoms with van der Waals surface area (Å²) in [5.41, 5.74) is 0.692. The summed E-state index contributed by atoms with van der Waals surface area (Å²) in [6.07, 6.45) is 1.27. The monoisotopic (exact) mass is 206 g/mol. The molecule has 0 saturated heterocycles. The van der Waals surface area contributed by atoms with Crippen molar-refractivity contribution in [1.29, 1.82) is 0 Å². The SMILES string of the molecule is O=S(=O)([O-])/C=C/c1ccccc1.[Na+]. The first kappa shape index (κ1) is 12.9. The largest absolute Gasteiger partial charge is 1.00 e. The molecule has 1 rings (SSSR count). The number of rotatable bonds is 2. The summed E-state index contributed by atoms with van der Waals surface area (Å²) in [4.78, 5) is 0. The molecule has 0 atom stereocenters. The molecule has 0 fully saturated rings. The van der Waals surface area contributed by atoms with Gasteiger partial charge >= 0.3 is 29.6 Å². The van der Waals surface area contributed by atoms with Crippen LogP contribution in [-0.2, 0) is 10.1 Å². The molecule has 0 unspecified atom stereocenters. The zero-order valence-corrected chi connectivity index (χ0v) is 9.99. The smallest absolute Gasteiger partial charge is 0.744 e. The van der Waals surface area contributed by atoms with E-state index in [2.05, 4.69) is 0 Å². The molecule has 3 nitrogen and oxygen atoms in total. The molecule has 1 aromatic rings. The molecule has 0 spiro atoms. The third kappa shape index (κ3) is 6.01. The fourth-order valence-electron chi connectivity index (χ4n) is 0.726. The molecule has 0 aliphatic carbocycles. The molecule has 0 saturated carbocycles. The van der Waals surface area contributed by atoms with Crippen LogP contribution in [0.5, 0.6) is 0 Å². The van der Waals surface area contributed by atoms with E-state index in [1.54, 1.807) is 24.3 Å². The van der Waals surface area contributed by atoms with E-state index in [0.717, 1.165) is 0 Å². The van der Waals surface area contributed by atoms with Gasteiger partial charge in [-0.3, -0.25) is 0 Å². The Balaban J connectivity index is 0.00000144. The van der Waals surface area contributed by atoms with Crippen molar-refractivity contribution in [2.75, 3.05) is 0 Å². The van der Waals surface area contributed by atoms with E-state index in [9.17, 15) is 13.0 Å². The average molecular weight is 206 g/mol. The number of benzene rings is 1. The summed E-state index contributed by atoms with van der Waals surface area (Å²) in [7, 11) is -4.25. The van der Waals surface area contributed by atoms with E-state index < -0.39 is 10.1 Å². The van der Waals surface area contributed by atoms with Crippen LogP contribution in [0.1, 0.15) is 5.56 Å². The Morgan fingerprint density at radius 1 is 1.15 bits per heavy atom. The van der Waals surface area contributed by atoms with Gasteiger partial charge in [-0.15, -0.1) is 0 Å². The zero-order chi connectivity index (χ0) is 9.03. The van der Waals surface area contributed by atoms with Crippen molar-refractivity contribution in [1.82, 2.24) is 0 Å². The summed E-state index contributed by atoms with van der Waals surface area (Å²) in [5.74, 6) is 0. The van der Waals surface area contributed by atoms with E-state index in [1.807, 2.05) is 6.07 Å². The molecule has 0 amide bonds. The van der Waals surface area contributed by atoms with E-state index in [1.165, 1.54) is 6.08 Å². The summed E-state index contributed by atoms with van der Waals surface area (Å²) in [6, 6.07) is 8.75. The van der Waals surface area contributed by atoms with Crippen molar-refractivity contribution in [2.45, 2.75) is 0 Å². The van der Waals surface area contributed by atoms with Gasteiger partial charge in [-0.2, -0.15) is 0 Å². The Kier molecular flexibility index (Phi) is 5.51. The maximum atomic E-state index is 10.2. The standard InChI is InChI=1S/C8H8O3S.Na/c9-12(10,11)7-6-8-4-2-1-3-5-8;/h1-7H,(H,9,10,11);/q;+1/p-1/b7-6+;. The normalized spacial score (nSPS) is 11.2. The molecule has 0 aliphatic rings. The van der Waals surface area contributed by atoms with E-state index in [-0.39, 0.29) is 29.6 Å². The fraction of sp³-hybridized carbons (Fsp3) is 0. The van der Waals surface area contributed by atoms with Crippen LogP contribution in [0.2, 0.25) is 0 Å². The summed E-state index contributed by atoms with van der Waals surface area (Å²) >= 11 is 0. The Hall–Kier alpha value is -0.130. The molecule has 5 heteroatoms. The van der Waals surface area contributed by atoms with Crippen LogP contribution in [-0.4, -0.2) is 13.0 Å². The topological polar surface area (TPSA) is 57.2 Å². The van der Waals surface area contributed by atoms with Crippen LogP contribution in [0.3, 0.4) is 0 Å². The molecule has 0 heterocycles. The maximum Gasteiger partial charge on any atom is 1.00 e. The van der Waals surface area contributed by atoms with Crippen molar-refractivity contribution < 1.29 is 42.5 Å². The molecule has 0 radical (unpaired) electrons. The molecule has 0 bridgehead atoms. The first-order valence-electron chi connectivity index (χ1n) is 3.27. The first-order valence-corrected chi connectivity index (χ1v) is 4.74. The predicted molar refractivity (Wildman–Crippen MR) is 45.2 cm³/mol. The van der Waals surface area contributed by atoms with Crippen LogP contribution in [0, 0.1) is 0 Å². The van der Waals surface area contributed by atoms with Gasteiger partial charge in [0.05, 0.1) is 0 Å². The van der Waals surface area contributed by atoms with Gasteiger partial charge < -0.3 is 4.55 Å². The van der Waals surface area contributed by atoms with Crippen LogP contribution in [0.25, 0.3) is 6.08 Å². The Morgan fingerprint density at radius 3 is 2.15 bits per heavy atom. The van der Waals surface area contributed by atoms with Gasteiger partial charge in [-0.25, -0.2) is 8.42 Å².